The van der Waals surface area contributed by atoms with E-state index in [0.717, 1.165) is 12.1 Å². The van der Waals surface area contributed by atoms with Crippen LogP contribution in [0.4, 0.5) is 4.39 Å². The number of nitrogens with one attached hydrogen (secondary N) is 1. The average molecular weight is 345 g/mol. The Morgan fingerprint density at radius 2 is 2.09 bits per heavy atom. The van der Waals surface area contributed by atoms with Crippen molar-refractivity contribution in [3.05, 3.63) is 35.6 Å². The van der Waals surface area contributed by atoms with E-state index < -0.39 is 0 Å². The van der Waals surface area contributed by atoms with Crippen molar-refractivity contribution < 1.29 is 18.7 Å². The second kappa shape index (κ2) is 8.59. The first-order valence-electron chi connectivity index (χ1n) is 7.68. The number of halogens is 2. The van der Waals surface area contributed by atoms with Gasteiger partial charge < -0.3 is 19.7 Å². The van der Waals surface area contributed by atoms with E-state index in [4.69, 9.17) is 9.47 Å². The van der Waals surface area contributed by atoms with Crippen molar-refractivity contribution in [3.63, 3.8) is 0 Å². The highest BCUT2D eigenvalue weighted by Gasteiger charge is 2.27. The van der Waals surface area contributed by atoms with Crippen LogP contribution in [-0.2, 0) is 14.3 Å². The number of carbonyl (C=O) groups excluding carboxylic acids is 1. The second-order valence-electron chi connectivity index (χ2n) is 5.68. The fourth-order valence-corrected chi connectivity index (χ4v) is 2.85. The lowest BCUT2D eigenvalue weighted by molar-refractivity contribution is -0.140. The van der Waals surface area contributed by atoms with Crippen LogP contribution in [0.1, 0.15) is 18.1 Å². The highest BCUT2D eigenvalue weighted by atomic mass is 35.5. The molecule has 0 aromatic heterocycles. The Bertz CT molecular complexity index is 509. The normalized spacial score (nSPS) is 24.8. The molecule has 2 heterocycles. The molecule has 3 rings (SSSR count). The lowest BCUT2D eigenvalue weighted by atomic mass is 10.1. The summed E-state index contributed by atoms with van der Waals surface area (Å²) in [5.41, 5.74) is 0.901. The third kappa shape index (κ3) is 4.88. The van der Waals surface area contributed by atoms with Gasteiger partial charge in [0.15, 0.2) is 0 Å². The van der Waals surface area contributed by atoms with Gasteiger partial charge in [-0.2, -0.15) is 0 Å². The number of nitrogens with zero attached hydrogens (tertiary/aromatic N) is 1. The van der Waals surface area contributed by atoms with Gasteiger partial charge in [-0.3, -0.25) is 4.79 Å². The molecule has 5 nitrogen and oxygen atoms in total. The molecule has 0 aliphatic carbocycles. The zero-order chi connectivity index (χ0) is 15.4. The van der Waals surface area contributed by atoms with Crippen LogP contribution in [0.15, 0.2) is 24.3 Å². The molecule has 0 radical (unpaired) electrons. The van der Waals surface area contributed by atoms with Crippen LogP contribution >= 0.6 is 12.4 Å². The van der Waals surface area contributed by atoms with Crippen molar-refractivity contribution in [3.8, 4) is 0 Å². The SMILES string of the molecule is Cl.O=C(CC1COCCN1)N1CCOC(c2ccc(F)cc2)C1. The van der Waals surface area contributed by atoms with Crippen LogP contribution in [0, 0.1) is 5.82 Å². The van der Waals surface area contributed by atoms with Gasteiger partial charge in [-0.1, -0.05) is 12.1 Å². The first-order valence-corrected chi connectivity index (χ1v) is 7.68. The Morgan fingerprint density at radius 1 is 1.30 bits per heavy atom. The first kappa shape index (κ1) is 18.1. The van der Waals surface area contributed by atoms with Crippen molar-refractivity contribution in [2.24, 2.45) is 0 Å². The maximum absolute atomic E-state index is 13.0. The quantitative estimate of drug-likeness (QED) is 0.903. The largest absolute Gasteiger partial charge is 0.378 e. The highest BCUT2D eigenvalue weighted by molar-refractivity contribution is 5.85. The molecule has 2 saturated heterocycles. The fraction of sp³-hybridized carbons (Fsp3) is 0.562. The van der Waals surface area contributed by atoms with Gasteiger partial charge in [0.1, 0.15) is 11.9 Å². The van der Waals surface area contributed by atoms with Crippen molar-refractivity contribution in [2.45, 2.75) is 18.6 Å². The number of amides is 1. The summed E-state index contributed by atoms with van der Waals surface area (Å²) in [6, 6.07) is 6.36. The van der Waals surface area contributed by atoms with E-state index in [2.05, 4.69) is 5.32 Å². The molecule has 7 heteroatoms. The number of morpholine rings is 2. The van der Waals surface area contributed by atoms with Gasteiger partial charge in [-0.25, -0.2) is 4.39 Å². The van der Waals surface area contributed by atoms with E-state index in [0.29, 0.717) is 39.3 Å². The van der Waals surface area contributed by atoms with Crippen LogP contribution in [0.2, 0.25) is 0 Å². The van der Waals surface area contributed by atoms with Crippen LogP contribution < -0.4 is 5.32 Å². The van der Waals surface area contributed by atoms with Crippen molar-refractivity contribution in [1.29, 1.82) is 0 Å². The van der Waals surface area contributed by atoms with Gasteiger partial charge >= 0.3 is 0 Å². The predicted molar refractivity (Wildman–Crippen MR) is 86.1 cm³/mol. The van der Waals surface area contributed by atoms with Gasteiger partial charge in [0.25, 0.3) is 0 Å². The zero-order valence-corrected chi connectivity index (χ0v) is 13.7. The minimum atomic E-state index is -0.268. The summed E-state index contributed by atoms with van der Waals surface area (Å²) in [6.07, 6.45) is 0.254. The van der Waals surface area contributed by atoms with Gasteiger partial charge in [0, 0.05) is 25.6 Å². The third-order valence-electron chi connectivity index (χ3n) is 4.08. The molecule has 1 N–H and O–H groups in total. The summed E-state index contributed by atoms with van der Waals surface area (Å²) in [4.78, 5) is 14.2. The summed E-state index contributed by atoms with van der Waals surface area (Å²) in [5.74, 6) is -0.158. The summed E-state index contributed by atoms with van der Waals surface area (Å²) in [5, 5.41) is 3.29. The maximum atomic E-state index is 13.0. The number of ether oxygens (including phenoxy) is 2. The molecule has 1 aromatic rings. The molecule has 2 aliphatic rings. The molecule has 1 amide bonds. The Morgan fingerprint density at radius 3 is 2.78 bits per heavy atom. The number of rotatable bonds is 3. The van der Waals surface area contributed by atoms with Gasteiger partial charge in [0.2, 0.25) is 5.91 Å². The van der Waals surface area contributed by atoms with Crippen molar-refractivity contribution in [1.82, 2.24) is 10.2 Å². The molecular formula is C16H22ClFN2O3. The molecule has 0 saturated carbocycles. The first-order chi connectivity index (χ1) is 10.7. The summed E-state index contributed by atoms with van der Waals surface area (Å²) < 4.78 is 24.1. The molecule has 2 unspecified atom stereocenters. The van der Waals surface area contributed by atoms with E-state index in [1.165, 1.54) is 12.1 Å². The molecule has 2 fully saturated rings. The number of hydrogen-bond donors (Lipinski definition) is 1. The van der Waals surface area contributed by atoms with Crippen LogP contribution in [-0.4, -0.2) is 56.3 Å². The molecular weight excluding hydrogens is 323 g/mol. The minimum absolute atomic E-state index is 0. The zero-order valence-electron chi connectivity index (χ0n) is 12.9. The molecule has 23 heavy (non-hydrogen) atoms. The Balaban J connectivity index is 0.00000192. The molecule has 0 spiro atoms. The van der Waals surface area contributed by atoms with E-state index in [1.54, 1.807) is 12.1 Å². The topological polar surface area (TPSA) is 50.8 Å². The van der Waals surface area contributed by atoms with Gasteiger partial charge in [-0.05, 0) is 17.7 Å². The summed E-state index contributed by atoms with van der Waals surface area (Å²) in [6.45, 7) is 3.69. The van der Waals surface area contributed by atoms with Crippen LogP contribution in [0.3, 0.4) is 0 Å². The van der Waals surface area contributed by atoms with E-state index in [9.17, 15) is 9.18 Å². The van der Waals surface area contributed by atoms with Crippen LogP contribution in [0.25, 0.3) is 0 Å². The fourth-order valence-electron chi connectivity index (χ4n) is 2.85. The van der Waals surface area contributed by atoms with Crippen molar-refractivity contribution in [2.75, 3.05) is 39.5 Å². The highest BCUT2D eigenvalue weighted by Crippen LogP contribution is 2.23. The maximum Gasteiger partial charge on any atom is 0.224 e. The smallest absolute Gasteiger partial charge is 0.224 e. The lowest BCUT2D eigenvalue weighted by Crippen LogP contribution is -2.48. The van der Waals surface area contributed by atoms with Crippen molar-refractivity contribution >= 4 is 18.3 Å². The molecule has 1 aromatic carbocycles. The molecule has 2 aliphatic heterocycles. The lowest BCUT2D eigenvalue weighted by Gasteiger charge is -2.34. The predicted octanol–water partition coefficient (Wildman–Crippen LogP) is 1.53. The van der Waals surface area contributed by atoms with E-state index in [1.807, 2.05) is 4.90 Å². The summed E-state index contributed by atoms with van der Waals surface area (Å²) in [7, 11) is 0. The molecule has 2 atom stereocenters. The van der Waals surface area contributed by atoms with Crippen LogP contribution in [0.5, 0.6) is 0 Å². The summed E-state index contributed by atoms with van der Waals surface area (Å²) >= 11 is 0. The Hall–Kier alpha value is -1.21. The van der Waals surface area contributed by atoms with E-state index in [-0.39, 0.29) is 36.3 Å². The minimum Gasteiger partial charge on any atom is -0.378 e. The number of hydrogen-bond acceptors (Lipinski definition) is 4. The second-order valence-corrected chi connectivity index (χ2v) is 5.68. The molecule has 0 bridgehead atoms. The van der Waals surface area contributed by atoms with Gasteiger partial charge in [-0.15, -0.1) is 12.4 Å². The monoisotopic (exact) mass is 344 g/mol. The third-order valence-corrected chi connectivity index (χ3v) is 4.08. The number of carbonyl (C=O) groups is 1. The molecule has 128 valence electrons. The Labute approximate surface area is 141 Å². The Kier molecular flexibility index (Phi) is 6.77. The standard InChI is InChI=1S/C16H21FN2O3.ClH/c17-13-3-1-12(2-4-13)15-10-19(6-8-22-15)16(20)9-14-11-21-7-5-18-14;/h1-4,14-15,18H,5-11H2;1H. The number of benzene rings is 1. The average Bonchev–Trinajstić information content (AvgIpc) is 2.56. The van der Waals surface area contributed by atoms with Gasteiger partial charge in [0.05, 0.1) is 26.4 Å². The van der Waals surface area contributed by atoms with E-state index >= 15 is 0 Å².